The minimum atomic E-state index is -4.23. The van der Waals surface area contributed by atoms with Crippen LogP contribution in [0.3, 0.4) is 0 Å². The summed E-state index contributed by atoms with van der Waals surface area (Å²) in [4.78, 5) is 29.8. The van der Waals surface area contributed by atoms with Gasteiger partial charge >= 0.3 is 12.2 Å². The number of nitrogens with zero attached hydrogens (tertiary/aromatic N) is 4. The average Bonchev–Trinajstić information content (AvgIpc) is 3.30. The summed E-state index contributed by atoms with van der Waals surface area (Å²) in [5.41, 5.74) is 6.51. The number of rotatable bonds is 7. The lowest BCUT2D eigenvalue weighted by atomic mass is 10.3. The summed E-state index contributed by atoms with van der Waals surface area (Å²) in [5.74, 6) is -0.573. The number of hydrogen-bond donors (Lipinski definition) is 2. The quantitative estimate of drug-likeness (QED) is 0.706. The van der Waals surface area contributed by atoms with Crippen molar-refractivity contribution in [2.75, 3.05) is 19.6 Å². The van der Waals surface area contributed by atoms with Crippen molar-refractivity contribution in [1.29, 1.82) is 0 Å². The van der Waals surface area contributed by atoms with Crippen molar-refractivity contribution in [1.82, 2.24) is 24.9 Å². The van der Waals surface area contributed by atoms with E-state index in [1.807, 2.05) is 4.90 Å². The second-order valence-corrected chi connectivity index (χ2v) is 7.70. The second-order valence-electron chi connectivity index (χ2n) is 6.64. The maximum Gasteiger partial charge on any atom is 0.389 e. The van der Waals surface area contributed by atoms with Crippen molar-refractivity contribution in [3.63, 3.8) is 0 Å². The first kappa shape index (κ1) is 20.4. The van der Waals surface area contributed by atoms with Gasteiger partial charge in [-0.15, -0.1) is 0 Å². The van der Waals surface area contributed by atoms with Crippen LogP contribution in [0.25, 0.3) is 0 Å². The molecule has 3 rings (SSSR count). The lowest BCUT2D eigenvalue weighted by Crippen LogP contribution is -2.45. The number of allylic oxidation sites excluding steroid dienone is 1. The van der Waals surface area contributed by atoms with E-state index in [0.717, 1.165) is 5.56 Å². The minimum absolute atomic E-state index is 0.0447. The normalized spacial score (nSPS) is 20.6. The van der Waals surface area contributed by atoms with Gasteiger partial charge in [0.1, 0.15) is 0 Å². The number of aromatic nitrogens is 2. The fraction of sp³-hybridized carbons (Fsp3) is 0.562. The van der Waals surface area contributed by atoms with Crippen LogP contribution < -0.4 is 5.73 Å². The predicted molar refractivity (Wildman–Crippen MR) is 96.4 cm³/mol. The van der Waals surface area contributed by atoms with E-state index in [1.54, 1.807) is 24.2 Å². The summed E-state index contributed by atoms with van der Waals surface area (Å²) in [6, 6.07) is -0.338. The van der Waals surface area contributed by atoms with E-state index < -0.39 is 24.0 Å². The summed E-state index contributed by atoms with van der Waals surface area (Å²) >= 11 is 1.19. The number of nitrogens with one attached hydrogen (secondary N) is 1. The van der Waals surface area contributed by atoms with Crippen LogP contribution in [0.5, 0.6) is 0 Å². The van der Waals surface area contributed by atoms with Gasteiger partial charge in [0.05, 0.1) is 11.1 Å². The standard InChI is InChI=1S/C16H21F3N6O2S/c1-10-12(13(20)26)28-15(25(10)9-11-7-21-22-8-11)24-6-5-23(14(24)27)4-2-3-16(17,18)19/h7-8,15H,2-6,9H2,1H3,(H2,20,26)(H,21,22). The summed E-state index contributed by atoms with van der Waals surface area (Å²) < 4.78 is 37.1. The van der Waals surface area contributed by atoms with Gasteiger partial charge in [0.15, 0.2) is 5.50 Å². The van der Waals surface area contributed by atoms with E-state index >= 15 is 0 Å². The summed E-state index contributed by atoms with van der Waals surface area (Å²) in [6.45, 7) is 2.93. The molecule has 0 aromatic carbocycles. The lowest BCUT2D eigenvalue weighted by molar-refractivity contribution is -0.135. The van der Waals surface area contributed by atoms with Crippen LogP contribution in [0.4, 0.5) is 18.0 Å². The fourth-order valence-electron chi connectivity index (χ4n) is 3.26. The van der Waals surface area contributed by atoms with Gasteiger partial charge in [0.25, 0.3) is 5.91 Å². The van der Waals surface area contributed by atoms with Gasteiger partial charge in [0, 0.05) is 50.1 Å². The number of urea groups is 1. The van der Waals surface area contributed by atoms with Crippen LogP contribution in [0.1, 0.15) is 25.3 Å². The van der Waals surface area contributed by atoms with Crippen LogP contribution in [0.2, 0.25) is 0 Å². The number of halogens is 3. The molecule has 0 saturated carbocycles. The van der Waals surface area contributed by atoms with Gasteiger partial charge < -0.3 is 15.5 Å². The molecule has 1 aromatic rings. The van der Waals surface area contributed by atoms with Crippen molar-refractivity contribution in [2.45, 2.75) is 38.0 Å². The Bertz CT molecular complexity index is 767. The number of alkyl halides is 3. The fourth-order valence-corrected chi connectivity index (χ4v) is 4.56. The van der Waals surface area contributed by atoms with Crippen LogP contribution in [0.15, 0.2) is 23.0 Å². The summed E-state index contributed by atoms with van der Waals surface area (Å²) in [6.07, 6.45) is -1.93. The monoisotopic (exact) mass is 418 g/mol. The highest BCUT2D eigenvalue weighted by Crippen LogP contribution is 2.41. The number of aromatic amines is 1. The number of primary amides is 1. The Morgan fingerprint density at radius 1 is 1.43 bits per heavy atom. The van der Waals surface area contributed by atoms with Crippen molar-refractivity contribution < 1.29 is 22.8 Å². The Morgan fingerprint density at radius 3 is 2.79 bits per heavy atom. The minimum Gasteiger partial charge on any atom is -0.365 e. The molecule has 8 nitrogen and oxygen atoms in total. The Labute approximate surface area is 163 Å². The molecule has 0 aliphatic carbocycles. The third-order valence-corrected chi connectivity index (χ3v) is 6.11. The number of thioether (sulfide) groups is 1. The van der Waals surface area contributed by atoms with Crippen LogP contribution in [-0.4, -0.2) is 68.1 Å². The number of amides is 3. The zero-order valence-electron chi connectivity index (χ0n) is 15.2. The first-order valence-electron chi connectivity index (χ1n) is 8.71. The molecular weight excluding hydrogens is 397 g/mol. The van der Waals surface area contributed by atoms with Crippen molar-refractivity contribution in [3.8, 4) is 0 Å². The molecule has 3 heterocycles. The Kier molecular flexibility index (Phi) is 5.77. The molecule has 1 fully saturated rings. The predicted octanol–water partition coefficient (Wildman–Crippen LogP) is 2.04. The summed E-state index contributed by atoms with van der Waals surface area (Å²) in [7, 11) is 0. The zero-order valence-corrected chi connectivity index (χ0v) is 16.0. The molecule has 3 amide bonds. The smallest absolute Gasteiger partial charge is 0.365 e. The maximum absolute atomic E-state index is 12.8. The molecule has 2 aliphatic rings. The molecular formula is C16H21F3N6O2S. The highest BCUT2D eigenvalue weighted by molar-refractivity contribution is 8.04. The molecule has 1 aromatic heterocycles. The molecule has 3 N–H and O–H groups in total. The topological polar surface area (TPSA) is 98.6 Å². The van der Waals surface area contributed by atoms with E-state index in [4.69, 9.17) is 5.73 Å². The third-order valence-electron chi connectivity index (χ3n) is 4.66. The molecule has 1 unspecified atom stereocenters. The number of nitrogens with two attached hydrogens (primary N) is 1. The molecule has 1 saturated heterocycles. The first-order chi connectivity index (χ1) is 13.2. The van der Waals surface area contributed by atoms with Crippen LogP contribution in [0, 0.1) is 0 Å². The molecule has 12 heteroatoms. The number of carbonyl (C=O) groups is 2. The number of H-pyrrole nitrogens is 1. The Balaban J connectivity index is 1.70. The van der Waals surface area contributed by atoms with Crippen molar-refractivity contribution >= 4 is 23.7 Å². The van der Waals surface area contributed by atoms with Crippen LogP contribution >= 0.6 is 11.8 Å². The van der Waals surface area contributed by atoms with Crippen LogP contribution in [-0.2, 0) is 11.3 Å². The highest BCUT2D eigenvalue weighted by atomic mass is 32.2. The first-order valence-corrected chi connectivity index (χ1v) is 9.59. The van der Waals surface area contributed by atoms with Gasteiger partial charge in [-0.25, -0.2) is 4.79 Å². The highest BCUT2D eigenvalue weighted by Gasteiger charge is 2.42. The van der Waals surface area contributed by atoms with Gasteiger partial charge in [0.2, 0.25) is 0 Å². The summed E-state index contributed by atoms with van der Waals surface area (Å²) in [5, 5.41) is 6.62. The molecule has 0 spiro atoms. The average molecular weight is 418 g/mol. The largest absolute Gasteiger partial charge is 0.389 e. The molecule has 0 bridgehead atoms. The molecule has 2 aliphatic heterocycles. The van der Waals surface area contributed by atoms with Gasteiger partial charge in [-0.1, -0.05) is 11.8 Å². The number of hydrogen-bond acceptors (Lipinski definition) is 5. The molecule has 154 valence electrons. The Hall–Kier alpha value is -2.37. The van der Waals surface area contributed by atoms with Gasteiger partial charge in [-0.05, 0) is 13.3 Å². The van der Waals surface area contributed by atoms with E-state index in [-0.39, 0.29) is 19.0 Å². The van der Waals surface area contributed by atoms with E-state index in [2.05, 4.69) is 10.2 Å². The maximum atomic E-state index is 12.8. The molecule has 28 heavy (non-hydrogen) atoms. The SMILES string of the molecule is CC1=C(C(N)=O)SC(N2CCN(CCCC(F)(F)F)C2=O)N1Cc1cn[nH]c1. The van der Waals surface area contributed by atoms with Crippen molar-refractivity contribution in [3.05, 3.63) is 28.6 Å². The molecule has 1 atom stereocenters. The lowest BCUT2D eigenvalue weighted by Gasteiger charge is -2.33. The van der Waals surface area contributed by atoms with E-state index in [0.29, 0.717) is 30.2 Å². The van der Waals surface area contributed by atoms with E-state index in [1.165, 1.54) is 16.7 Å². The van der Waals surface area contributed by atoms with Crippen molar-refractivity contribution in [2.24, 2.45) is 5.73 Å². The number of carbonyl (C=O) groups excluding carboxylic acids is 2. The second kappa shape index (κ2) is 7.94. The van der Waals surface area contributed by atoms with Gasteiger partial charge in [-0.2, -0.15) is 18.3 Å². The zero-order chi connectivity index (χ0) is 20.5. The van der Waals surface area contributed by atoms with E-state index in [9.17, 15) is 22.8 Å². The Morgan fingerprint density at radius 2 is 2.18 bits per heavy atom. The van der Waals surface area contributed by atoms with Gasteiger partial charge in [-0.3, -0.25) is 14.8 Å². The molecule has 0 radical (unpaired) electrons. The third kappa shape index (κ3) is 4.37.